The average molecular weight is 467 g/mol. The third kappa shape index (κ3) is 5.22. The second-order valence-electron chi connectivity index (χ2n) is 8.60. The van der Waals surface area contributed by atoms with Crippen molar-refractivity contribution in [3.05, 3.63) is 85.2 Å². The minimum Gasteiger partial charge on any atom is -0.497 e. The molecule has 1 aliphatic heterocycles. The maximum Gasteiger partial charge on any atom is 0.128 e. The van der Waals surface area contributed by atoms with E-state index in [1.165, 1.54) is 0 Å². The molecule has 0 aliphatic carbocycles. The number of benzene rings is 2. The van der Waals surface area contributed by atoms with E-state index in [4.69, 9.17) is 19.4 Å². The van der Waals surface area contributed by atoms with Crippen LogP contribution < -0.4 is 19.3 Å². The van der Waals surface area contributed by atoms with E-state index in [1.54, 1.807) is 14.2 Å². The van der Waals surface area contributed by atoms with Gasteiger partial charge in [0.05, 0.1) is 14.2 Å². The molecule has 2 aromatic carbocycles. The van der Waals surface area contributed by atoms with Crippen molar-refractivity contribution in [2.24, 2.45) is 0 Å². The molecule has 5 rings (SSSR count). The summed E-state index contributed by atoms with van der Waals surface area (Å²) in [5.74, 6) is 3.73. The predicted molar refractivity (Wildman–Crippen MR) is 141 cm³/mol. The van der Waals surface area contributed by atoms with Gasteiger partial charge in [0, 0.05) is 49.7 Å². The number of hydrogen-bond donors (Lipinski definition) is 0. The maximum atomic E-state index is 5.35. The lowest BCUT2D eigenvalue weighted by Gasteiger charge is -2.23. The van der Waals surface area contributed by atoms with Crippen LogP contribution in [0.5, 0.6) is 11.5 Å². The van der Waals surface area contributed by atoms with Gasteiger partial charge < -0.3 is 19.3 Å². The van der Waals surface area contributed by atoms with E-state index in [9.17, 15) is 0 Å². The van der Waals surface area contributed by atoms with Crippen molar-refractivity contribution < 1.29 is 9.47 Å². The normalized spacial score (nSPS) is 13.9. The Bertz CT molecular complexity index is 1160. The molecule has 178 valence electrons. The first-order valence-corrected chi connectivity index (χ1v) is 11.9. The highest BCUT2D eigenvalue weighted by molar-refractivity contribution is 5.66. The van der Waals surface area contributed by atoms with Crippen LogP contribution in [-0.4, -0.2) is 50.4 Å². The molecule has 4 aromatic rings. The summed E-state index contributed by atoms with van der Waals surface area (Å²) in [5.41, 5.74) is 4.39. The molecule has 1 saturated heterocycles. The van der Waals surface area contributed by atoms with Crippen LogP contribution in [0.1, 0.15) is 6.42 Å². The van der Waals surface area contributed by atoms with Crippen molar-refractivity contribution in [2.45, 2.75) is 6.42 Å². The van der Waals surface area contributed by atoms with Crippen molar-refractivity contribution in [3.63, 3.8) is 0 Å². The van der Waals surface area contributed by atoms with Crippen LogP contribution >= 0.6 is 0 Å². The molecule has 1 fully saturated rings. The molecule has 1 aliphatic rings. The van der Waals surface area contributed by atoms with Gasteiger partial charge in [0.2, 0.25) is 0 Å². The number of rotatable bonds is 6. The highest BCUT2D eigenvalue weighted by atomic mass is 16.5. The molecule has 0 amide bonds. The van der Waals surface area contributed by atoms with Gasteiger partial charge in [-0.3, -0.25) is 0 Å². The third-order valence-corrected chi connectivity index (χ3v) is 6.45. The van der Waals surface area contributed by atoms with E-state index < -0.39 is 0 Å². The van der Waals surface area contributed by atoms with Crippen LogP contribution in [0.25, 0.3) is 22.3 Å². The summed E-state index contributed by atoms with van der Waals surface area (Å²) in [6, 6.07) is 24.6. The van der Waals surface area contributed by atoms with Gasteiger partial charge in [-0.15, -0.1) is 0 Å². The van der Waals surface area contributed by atoms with Crippen molar-refractivity contribution in [2.75, 3.05) is 50.2 Å². The molecule has 0 spiro atoms. The molecule has 0 radical (unpaired) electrons. The molecule has 0 N–H and O–H groups in total. The first kappa shape index (κ1) is 22.7. The zero-order valence-electron chi connectivity index (χ0n) is 20.2. The van der Waals surface area contributed by atoms with Gasteiger partial charge in [-0.1, -0.05) is 24.3 Å². The molecular weight excluding hydrogens is 436 g/mol. The average Bonchev–Trinajstić information content (AvgIpc) is 3.20. The van der Waals surface area contributed by atoms with Gasteiger partial charge in [-0.2, -0.15) is 0 Å². The highest BCUT2D eigenvalue weighted by Gasteiger charge is 2.17. The van der Waals surface area contributed by atoms with Gasteiger partial charge in [0.15, 0.2) is 0 Å². The number of aromatic nitrogens is 2. The van der Waals surface area contributed by atoms with E-state index in [1.807, 2.05) is 48.8 Å². The van der Waals surface area contributed by atoms with E-state index in [0.29, 0.717) is 0 Å². The van der Waals surface area contributed by atoms with Crippen molar-refractivity contribution in [1.29, 1.82) is 0 Å². The Morgan fingerprint density at radius 1 is 0.571 bits per heavy atom. The molecule has 6 heteroatoms. The number of methoxy groups -OCH3 is 2. The van der Waals surface area contributed by atoms with E-state index in [-0.39, 0.29) is 0 Å². The summed E-state index contributed by atoms with van der Waals surface area (Å²) in [6.45, 7) is 3.77. The molecule has 0 saturated carbocycles. The minimum atomic E-state index is 0.851. The zero-order valence-corrected chi connectivity index (χ0v) is 20.2. The Labute approximate surface area is 206 Å². The summed E-state index contributed by atoms with van der Waals surface area (Å²) in [5, 5.41) is 0. The lowest BCUT2D eigenvalue weighted by Crippen LogP contribution is -2.31. The Morgan fingerprint density at radius 2 is 1.06 bits per heavy atom. The van der Waals surface area contributed by atoms with E-state index >= 15 is 0 Å². The summed E-state index contributed by atoms with van der Waals surface area (Å²) in [6.07, 6.45) is 4.95. The van der Waals surface area contributed by atoms with Crippen LogP contribution in [0.4, 0.5) is 11.6 Å². The predicted octanol–water partition coefficient (Wildman–Crippen LogP) is 5.54. The fourth-order valence-corrected chi connectivity index (χ4v) is 4.47. The van der Waals surface area contributed by atoms with Crippen LogP contribution in [0, 0.1) is 0 Å². The molecule has 2 aromatic heterocycles. The number of pyridine rings is 2. The van der Waals surface area contributed by atoms with Crippen LogP contribution in [0.15, 0.2) is 85.2 Å². The van der Waals surface area contributed by atoms with Crippen LogP contribution in [0.2, 0.25) is 0 Å². The number of anilines is 2. The Morgan fingerprint density at radius 3 is 1.46 bits per heavy atom. The van der Waals surface area contributed by atoms with Gasteiger partial charge >= 0.3 is 0 Å². The van der Waals surface area contributed by atoms with Crippen molar-refractivity contribution in [1.82, 2.24) is 9.97 Å². The second kappa shape index (κ2) is 10.5. The first-order valence-electron chi connectivity index (χ1n) is 11.9. The second-order valence-corrected chi connectivity index (χ2v) is 8.60. The molecule has 0 atom stereocenters. The topological polar surface area (TPSA) is 50.7 Å². The van der Waals surface area contributed by atoms with Crippen LogP contribution in [-0.2, 0) is 0 Å². The quantitative estimate of drug-likeness (QED) is 0.372. The number of hydrogen-bond acceptors (Lipinski definition) is 6. The van der Waals surface area contributed by atoms with Gasteiger partial charge in [0.1, 0.15) is 23.1 Å². The molecular formula is C29H30N4O2. The fraction of sp³-hybridized carbons (Fsp3) is 0.241. The van der Waals surface area contributed by atoms with Crippen molar-refractivity contribution in [3.8, 4) is 33.8 Å². The lowest BCUT2D eigenvalue weighted by atomic mass is 10.1. The zero-order chi connectivity index (χ0) is 24.0. The van der Waals surface area contributed by atoms with E-state index in [0.717, 1.165) is 78.0 Å². The number of ether oxygens (including phenoxy) is 2. The highest BCUT2D eigenvalue weighted by Crippen LogP contribution is 2.27. The van der Waals surface area contributed by atoms with Gasteiger partial charge in [0.25, 0.3) is 0 Å². The smallest absolute Gasteiger partial charge is 0.128 e. The molecule has 0 bridgehead atoms. The first-order chi connectivity index (χ1) is 17.2. The number of nitrogens with zero attached hydrogens (tertiary/aromatic N) is 4. The summed E-state index contributed by atoms with van der Waals surface area (Å²) < 4.78 is 10.7. The molecule has 6 nitrogen and oxygen atoms in total. The summed E-state index contributed by atoms with van der Waals surface area (Å²) >= 11 is 0. The monoisotopic (exact) mass is 466 g/mol. The van der Waals surface area contributed by atoms with Crippen molar-refractivity contribution >= 4 is 11.6 Å². The van der Waals surface area contributed by atoms with Gasteiger partial charge in [-0.25, -0.2) is 9.97 Å². The molecule has 0 unspecified atom stereocenters. The largest absolute Gasteiger partial charge is 0.497 e. The summed E-state index contributed by atoms with van der Waals surface area (Å²) in [7, 11) is 3.38. The lowest BCUT2D eigenvalue weighted by molar-refractivity contribution is 0.415. The Kier molecular flexibility index (Phi) is 6.80. The van der Waals surface area contributed by atoms with E-state index in [2.05, 4.69) is 46.2 Å². The third-order valence-electron chi connectivity index (χ3n) is 6.45. The minimum absolute atomic E-state index is 0.851. The standard InChI is InChI=1S/C29H30N4O2/c1-34-26-8-3-6-22(18-26)24-10-12-28(30-20-24)32-14-5-15-33(17-16-32)29-13-11-25(21-31-29)23-7-4-9-27(19-23)35-2/h3-4,6-13,18-21H,5,14-17H2,1-2H3. The van der Waals surface area contributed by atoms with Gasteiger partial charge in [-0.05, 0) is 66.1 Å². The Hall–Kier alpha value is -4.06. The molecule has 3 heterocycles. The SMILES string of the molecule is COc1cccc(-c2ccc(N3CCCN(c4ccc(-c5cccc(OC)c5)cn4)CC3)nc2)c1. The maximum absolute atomic E-state index is 5.35. The fourth-order valence-electron chi connectivity index (χ4n) is 4.47. The van der Waals surface area contributed by atoms with Crippen LogP contribution in [0.3, 0.4) is 0 Å². The molecule has 35 heavy (non-hydrogen) atoms. The summed E-state index contributed by atoms with van der Waals surface area (Å²) in [4.78, 5) is 14.3. The Balaban J connectivity index is 1.24.